The summed E-state index contributed by atoms with van der Waals surface area (Å²) in [5.74, 6) is 2.42. The first kappa shape index (κ1) is 19.2. The third-order valence-electron chi connectivity index (χ3n) is 4.07. The Balaban J connectivity index is 1.40. The van der Waals surface area contributed by atoms with Gasteiger partial charge in [-0.3, -0.25) is 4.79 Å². The van der Waals surface area contributed by atoms with Crippen molar-refractivity contribution in [1.29, 1.82) is 0 Å². The van der Waals surface area contributed by atoms with E-state index in [9.17, 15) is 4.79 Å². The molecule has 1 aliphatic rings. The van der Waals surface area contributed by atoms with Gasteiger partial charge in [0.1, 0.15) is 24.0 Å². The molecular weight excluding hydrogens is 368 g/mol. The summed E-state index contributed by atoms with van der Waals surface area (Å²) in [7, 11) is 0. The fraction of sp³-hybridized carbons (Fsp3) is 0.421. The zero-order chi connectivity index (χ0) is 19.1. The van der Waals surface area contributed by atoms with Crippen LogP contribution in [0.15, 0.2) is 30.3 Å². The molecule has 2 heterocycles. The fourth-order valence-electron chi connectivity index (χ4n) is 2.81. The SMILES string of the molecule is Cc1nc(OCCNC(=O)COc2cccc(Cl)c2)cc(N2CCCC2)n1. The van der Waals surface area contributed by atoms with Crippen molar-refractivity contribution >= 4 is 23.3 Å². The lowest BCUT2D eigenvalue weighted by Gasteiger charge is -2.17. The molecule has 3 rings (SSSR count). The van der Waals surface area contributed by atoms with Gasteiger partial charge in [-0.2, -0.15) is 4.98 Å². The molecular formula is C19H23ClN4O3. The molecule has 8 heteroatoms. The second-order valence-electron chi connectivity index (χ2n) is 6.25. The van der Waals surface area contributed by atoms with Gasteiger partial charge in [0.05, 0.1) is 6.54 Å². The minimum atomic E-state index is -0.227. The second-order valence-corrected chi connectivity index (χ2v) is 6.69. The van der Waals surface area contributed by atoms with E-state index in [0.717, 1.165) is 18.9 Å². The lowest BCUT2D eigenvalue weighted by molar-refractivity contribution is -0.123. The first-order valence-electron chi connectivity index (χ1n) is 8.99. The third-order valence-corrected chi connectivity index (χ3v) is 4.31. The molecule has 1 N–H and O–H groups in total. The average molecular weight is 391 g/mol. The number of carbonyl (C=O) groups is 1. The summed E-state index contributed by atoms with van der Waals surface area (Å²) in [4.78, 5) is 22.8. The van der Waals surface area contributed by atoms with E-state index in [4.69, 9.17) is 21.1 Å². The standard InChI is InChI=1S/C19H23ClN4O3/c1-14-22-17(24-8-2-3-9-24)12-19(23-14)26-10-7-21-18(25)13-27-16-6-4-5-15(20)11-16/h4-6,11-12H,2-3,7-10,13H2,1H3,(H,21,25). The molecule has 1 amide bonds. The first-order chi connectivity index (χ1) is 13.1. The summed E-state index contributed by atoms with van der Waals surface area (Å²) in [6.07, 6.45) is 2.37. The Bertz CT molecular complexity index is 781. The average Bonchev–Trinajstić information content (AvgIpc) is 3.18. The van der Waals surface area contributed by atoms with Crippen molar-refractivity contribution < 1.29 is 14.3 Å². The molecule has 1 aliphatic heterocycles. The second kappa shape index (κ2) is 9.41. The predicted molar refractivity (Wildman–Crippen MR) is 104 cm³/mol. The van der Waals surface area contributed by atoms with Crippen LogP contribution in [0.5, 0.6) is 11.6 Å². The smallest absolute Gasteiger partial charge is 0.258 e. The number of ether oxygens (including phenoxy) is 2. The highest BCUT2D eigenvalue weighted by Crippen LogP contribution is 2.21. The maximum atomic E-state index is 11.8. The van der Waals surface area contributed by atoms with Crippen molar-refractivity contribution in [1.82, 2.24) is 15.3 Å². The number of benzene rings is 1. The Hall–Kier alpha value is -2.54. The van der Waals surface area contributed by atoms with Crippen LogP contribution in [0, 0.1) is 6.92 Å². The van der Waals surface area contributed by atoms with Gasteiger partial charge in [0.2, 0.25) is 5.88 Å². The Morgan fingerprint density at radius 3 is 2.81 bits per heavy atom. The van der Waals surface area contributed by atoms with E-state index in [1.165, 1.54) is 12.8 Å². The summed E-state index contributed by atoms with van der Waals surface area (Å²) in [6, 6.07) is 8.77. The summed E-state index contributed by atoms with van der Waals surface area (Å²) in [5, 5.41) is 3.31. The zero-order valence-electron chi connectivity index (χ0n) is 15.3. The highest BCUT2D eigenvalue weighted by Gasteiger charge is 2.15. The number of carbonyl (C=O) groups excluding carboxylic acids is 1. The van der Waals surface area contributed by atoms with Crippen LogP contribution in [0.3, 0.4) is 0 Å². The van der Waals surface area contributed by atoms with Gasteiger partial charge in [-0.15, -0.1) is 0 Å². The first-order valence-corrected chi connectivity index (χ1v) is 9.36. The van der Waals surface area contributed by atoms with Crippen molar-refractivity contribution in [2.45, 2.75) is 19.8 Å². The Labute approximate surface area is 163 Å². The zero-order valence-corrected chi connectivity index (χ0v) is 16.0. The Morgan fingerprint density at radius 1 is 1.22 bits per heavy atom. The molecule has 0 atom stereocenters. The van der Waals surface area contributed by atoms with Crippen LogP contribution in [0.2, 0.25) is 5.02 Å². The quantitative estimate of drug-likeness (QED) is 0.698. The van der Waals surface area contributed by atoms with Crippen LogP contribution in [0.4, 0.5) is 5.82 Å². The van der Waals surface area contributed by atoms with E-state index in [0.29, 0.717) is 35.6 Å². The van der Waals surface area contributed by atoms with Gasteiger partial charge in [-0.25, -0.2) is 4.98 Å². The summed E-state index contributed by atoms with van der Waals surface area (Å²) in [5.41, 5.74) is 0. The number of nitrogens with one attached hydrogen (secondary N) is 1. The number of hydrogen-bond acceptors (Lipinski definition) is 6. The summed E-state index contributed by atoms with van der Waals surface area (Å²) < 4.78 is 11.1. The minimum Gasteiger partial charge on any atom is -0.484 e. The molecule has 2 aromatic rings. The van der Waals surface area contributed by atoms with Crippen LogP contribution in [0.1, 0.15) is 18.7 Å². The van der Waals surface area contributed by atoms with Crippen LogP contribution >= 0.6 is 11.6 Å². The molecule has 1 aromatic carbocycles. The van der Waals surface area contributed by atoms with E-state index in [2.05, 4.69) is 20.2 Å². The molecule has 0 aliphatic carbocycles. The molecule has 7 nitrogen and oxygen atoms in total. The summed E-state index contributed by atoms with van der Waals surface area (Å²) >= 11 is 5.87. The van der Waals surface area contributed by atoms with Crippen LogP contribution in [-0.4, -0.2) is 48.7 Å². The Kier molecular flexibility index (Phi) is 6.70. The number of hydrogen-bond donors (Lipinski definition) is 1. The van der Waals surface area contributed by atoms with Crippen molar-refractivity contribution in [3.63, 3.8) is 0 Å². The monoisotopic (exact) mass is 390 g/mol. The summed E-state index contributed by atoms with van der Waals surface area (Å²) in [6.45, 7) is 4.48. The van der Waals surface area contributed by atoms with Gasteiger partial charge in [-0.1, -0.05) is 17.7 Å². The molecule has 0 spiro atoms. The maximum Gasteiger partial charge on any atom is 0.258 e. The lowest BCUT2D eigenvalue weighted by Crippen LogP contribution is -2.32. The van der Waals surface area contributed by atoms with Crippen molar-refractivity contribution in [3.8, 4) is 11.6 Å². The molecule has 0 unspecified atom stereocenters. The minimum absolute atomic E-state index is 0.0773. The molecule has 0 bridgehead atoms. The van der Waals surface area contributed by atoms with Gasteiger partial charge >= 0.3 is 0 Å². The van der Waals surface area contributed by atoms with Gasteiger partial charge in [0.15, 0.2) is 6.61 Å². The van der Waals surface area contributed by atoms with E-state index in [1.54, 1.807) is 24.3 Å². The highest BCUT2D eigenvalue weighted by atomic mass is 35.5. The molecule has 0 radical (unpaired) electrons. The van der Waals surface area contributed by atoms with E-state index in [1.807, 2.05) is 13.0 Å². The fourth-order valence-corrected chi connectivity index (χ4v) is 2.99. The molecule has 0 saturated carbocycles. The number of rotatable bonds is 8. The topological polar surface area (TPSA) is 76.6 Å². The molecule has 144 valence electrons. The van der Waals surface area contributed by atoms with Gasteiger partial charge < -0.3 is 19.7 Å². The molecule has 1 fully saturated rings. The number of anilines is 1. The van der Waals surface area contributed by atoms with Gasteiger partial charge in [0, 0.05) is 24.2 Å². The van der Waals surface area contributed by atoms with Crippen molar-refractivity contribution in [2.75, 3.05) is 37.7 Å². The highest BCUT2D eigenvalue weighted by molar-refractivity contribution is 6.30. The van der Waals surface area contributed by atoms with E-state index in [-0.39, 0.29) is 12.5 Å². The molecule has 27 heavy (non-hydrogen) atoms. The van der Waals surface area contributed by atoms with E-state index < -0.39 is 0 Å². The normalized spacial score (nSPS) is 13.5. The lowest BCUT2D eigenvalue weighted by atomic mass is 10.3. The number of halogens is 1. The number of aromatic nitrogens is 2. The van der Waals surface area contributed by atoms with Crippen LogP contribution in [-0.2, 0) is 4.79 Å². The van der Waals surface area contributed by atoms with Crippen molar-refractivity contribution in [3.05, 3.63) is 41.2 Å². The largest absolute Gasteiger partial charge is 0.484 e. The number of aryl methyl sites for hydroxylation is 1. The Morgan fingerprint density at radius 2 is 2.04 bits per heavy atom. The number of nitrogens with zero attached hydrogens (tertiary/aromatic N) is 3. The predicted octanol–water partition coefficient (Wildman–Crippen LogP) is 2.61. The number of amides is 1. The van der Waals surface area contributed by atoms with Gasteiger partial charge in [-0.05, 0) is 38.0 Å². The van der Waals surface area contributed by atoms with E-state index >= 15 is 0 Å². The van der Waals surface area contributed by atoms with Crippen LogP contribution < -0.4 is 19.7 Å². The van der Waals surface area contributed by atoms with Crippen molar-refractivity contribution in [2.24, 2.45) is 0 Å². The molecule has 1 saturated heterocycles. The van der Waals surface area contributed by atoms with Crippen LogP contribution in [0.25, 0.3) is 0 Å². The third kappa shape index (κ3) is 5.99. The van der Waals surface area contributed by atoms with Gasteiger partial charge in [0.25, 0.3) is 5.91 Å². The molecule has 1 aromatic heterocycles. The maximum absolute atomic E-state index is 11.8.